The SMILES string of the molecule is Cc1nc2c(nc1C)c1nc(C(F)(F)F)c(C(F)(F)F)nc1c1nc(C(F)(F)F)c(C)nc21.Fc1nc2c3nc(F)c(F)nc3c3nc(F)c(F)nc3c2nc1F.[C-]#[N+]c1nc2c(nc1C#N)c1nc(C#N)c(C#N)nc1c1nc([N+]#[C-])c([N+]#[C-])nc21.[C-]#[N+]c1nc2c3nc(F)c(C#N)nc3c3nc(C#N)c(C#N)nc3c2nc1[N+]#[C-].[C-]#[N+]c1nc2c3ncc(C#N)nc3c3nc(C#N)c(C#N)nc3c2nc1[N+]#[C-]. The fourth-order valence-corrected chi connectivity index (χ4v) is 13.4. The minimum Gasteiger partial charge on any atom is -0.370 e. The van der Waals surface area contributed by atoms with Gasteiger partial charge in [-0.05, 0) is 20.8 Å². The van der Waals surface area contributed by atoms with Crippen molar-refractivity contribution in [1.29, 1.82) is 47.4 Å². The summed E-state index contributed by atoms with van der Waals surface area (Å²) in [4.78, 5) is 137. The van der Waals surface area contributed by atoms with Crippen LogP contribution in [0.1, 0.15) is 85.4 Å². The van der Waals surface area contributed by atoms with Crippen LogP contribution in [-0.4, -0.2) is 150 Å². The molecule has 0 N–H and O–H groups in total. The van der Waals surface area contributed by atoms with Crippen molar-refractivity contribution in [3.8, 4) is 54.6 Å². The molecule has 20 aromatic rings. The fraction of sp³-hybridized carbons (Fsp3) is 0.0732. The van der Waals surface area contributed by atoms with Crippen molar-refractivity contribution in [1.82, 2.24) is 150 Å². The minimum atomic E-state index is -5.62. The van der Waals surface area contributed by atoms with Crippen molar-refractivity contribution >= 4 is 206 Å². The van der Waals surface area contributed by atoms with E-state index < -0.39 is 149 Å². The Kier molecular flexibility index (Phi) is 23.1. The number of nitriles is 9. The minimum absolute atomic E-state index is 0.000622. The van der Waals surface area contributed by atoms with Gasteiger partial charge < -0.3 is 33.9 Å². The molecule has 5 aromatic carbocycles. The molecule has 20 rings (SSSR count). The van der Waals surface area contributed by atoms with Gasteiger partial charge in [0, 0.05) is 0 Å². The Hall–Kier alpha value is -23.1. The number of aromatic nitrogens is 30. The van der Waals surface area contributed by atoms with E-state index in [-0.39, 0.29) is 202 Å². The second kappa shape index (κ2) is 35.4. The summed E-state index contributed by atoms with van der Waals surface area (Å²) in [6.45, 7) is 54.4. The largest absolute Gasteiger partial charge is 0.435 e. The van der Waals surface area contributed by atoms with E-state index in [9.17, 15) is 107 Å². The highest BCUT2D eigenvalue weighted by atomic mass is 19.4. The number of nitrogens with zero attached hydrogens (tertiary/aromatic N) is 46. The van der Waals surface area contributed by atoms with Crippen LogP contribution in [0.3, 0.4) is 0 Å². The molecular formula is C82H10F16N46. The van der Waals surface area contributed by atoms with Crippen molar-refractivity contribution < 1.29 is 70.2 Å². The van der Waals surface area contributed by atoms with Crippen molar-refractivity contribution in [3.05, 3.63) is 213 Å². The van der Waals surface area contributed by atoms with E-state index in [0.717, 1.165) is 6.92 Å². The number of alkyl halides is 9. The molecular weight excluding hydrogens is 1930 g/mol. The molecule has 0 saturated heterocycles. The van der Waals surface area contributed by atoms with Gasteiger partial charge in [0.2, 0.25) is 39.0 Å². The number of rotatable bonds is 0. The number of fused-ring (bicyclic) bond motifs is 30. The first kappa shape index (κ1) is 94.1. The zero-order valence-electron chi connectivity index (χ0n) is 69.2. The van der Waals surface area contributed by atoms with Gasteiger partial charge in [-0.15, -0.1) is 34.9 Å². The van der Waals surface area contributed by atoms with E-state index in [4.69, 9.17) is 56.5 Å². The Morgan fingerprint density at radius 2 is 0.375 bits per heavy atom. The van der Waals surface area contributed by atoms with Crippen LogP contribution < -0.4 is 0 Å². The molecule has 46 nitrogen and oxygen atoms in total. The average molecular weight is 1940 g/mol. The number of benzene rings is 5. The van der Waals surface area contributed by atoms with Crippen LogP contribution in [0.5, 0.6) is 0 Å². The third kappa shape index (κ3) is 15.8. The van der Waals surface area contributed by atoms with Crippen LogP contribution in [0.25, 0.3) is 199 Å². The van der Waals surface area contributed by atoms with Gasteiger partial charge in [0.05, 0.1) is 23.3 Å². The highest BCUT2D eigenvalue weighted by molar-refractivity contribution is 6.23. The normalized spacial score (nSPS) is 11.0. The summed E-state index contributed by atoms with van der Waals surface area (Å²) in [5, 5.41) is 83.1. The van der Waals surface area contributed by atoms with Gasteiger partial charge in [0.1, 0.15) is 182 Å². The fourth-order valence-electron chi connectivity index (χ4n) is 13.4. The van der Waals surface area contributed by atoms with Crippen molar-refractivity contribution in [2.45, 2.75) is 39.3 Å². The highest BCUT2D eigenvalue weighted by Gasteiger charge is 2.48. The van der Waals surface area contributed by atoms with Crippen LogP contribution in [0.15, 0.2) is 6.20 Å². The van der Waals surface area contributed by atoms with Gasteiger partial charge in [0.15, 0.2) is 68.3 Å². The Morgan fingerprint density at radius 1 is 0.194 bits per heavy atom. The second-order valence-electron chi connectivity index (χ2n) is 27.5. The van der Waals surface area contributed by atoms with Crippen LogP contribution in [-0.2, 0) is 18.5 Å². The molecule has 0 saturated carbocycles. The van der Waals surface area contributed by atoms with Gasteiger partial charge >= 0.3 is 24.3 Å². The molecule has 15 aromatic heterocycles. The standard InChI is InChI=1S/C18H9F9N6.C18N12.C17FN11.C17HN11.C12F6N6/c1-4-5(2)29-8-7(28-4)9-10(31-13(6(3)30-9)16(19,20)21)12-11(8)32-14(17(22,23)24)15(33-12)18(25,26)27;1-22-16-9(6-21)27-12-10-11(26-8(5-20)7(4-19)25-10)14-15(13(12)28-16)30-18(24-3)17(23-2)29-14;1-22-16-17(23-2)29-14-12-10(26-8(5-21)15(18)27-12)9-11(13(14)28-16)25-7(4-20)6(3-19)24-9;1-21-16-17(22-2)28-15-12(27-16)10-11(24-7(3-18)6-23-10)13-14(15)26-9(5-20)8(4-19)25-13;13-7-8(14)20-2-1(19-7)3-5(22-10(16)9(15)21-3)6-4(2)23-11(17)12(18)24-6/h1-3H3;;;6H;. The lowest BCUT2D eigenvalue weighted by molar-refractivity contribution is -0.167. The summed E-state index contributed by atoms with van der Waals surface area (Å²) in [5.74, 6) is -13.2. The van der Waals surface area contributed by atoms with E-state index in [0.29, 0.717) is 0 Å². The smallest absolute Gasteiger partial charge is 0.370 e. The Morgan fingerprint density at radius 3 is 0.611 bits per heavy atom. The van der Waals surface area contributed by atoms with Crippen molar-refractivity contribution in [3.63, 3.8) is 0 Å². The molecule has 62 heteroatoms. The molecule has 0 fully saturated rings. The van der Waals surface area contributed by atoms with Crippen LogP contribution in [0.4, 0.5) is 111 Å². The van der Waals surface area contributed by atoms with Crippen molar-refractivity contribution in [2.75, 3.05) is 0 Å². The maximum atomic E-state index is 14.2. The maximum Gasteiger partial charge on any atom is 0.435 e. The van der Waals surface area contributed by atoms with E-state index in [1.54, 1.807) is 48.6 Å². The summed E-state index contributed by atoms with van der Waals surface area (Å²) in [6, 6.07) is 15.7. The summed E-state index contributed by atoms with van der Waals surface area (Å²) in [6.07, 6.45) is -15.0. The molecule has 0 aliphatic rings. The Balaban J connectivity index is 0.000000129. The van der Waals surface area contributed by atoms with Crippen molar-refractivity contribution in [2.24, 2.45) is 0 Å². The summed E-state index contributed by atoms with van der Waals surface area (Å²) in [7, 11) is 0. The van der Waals surface area contributed by atoms with Gasteiger partial charge in [-0.3, -0.25) is 0 Å². The molecule has 0 aliphatic carbocycles. The van der Waals surface area contributed by atoms with E-state index in [2.05, 4.69) is 183 Å². The third-order valence-corrected chi connectivity index (χ3v) is 19.4. The van der Waals surface area contributed by atoms with Crippen LogP contribution >= 0.6 is 0 Å². The zero-order chi connectivity index (χ0) is 104. The molecule has 680 valence electrons. The summed E-state index contributed by atoms with van der Waals surface area (Å²) < 4.78 is 215. The molecule has 0 aliphatic heterocycles. The summed E-state index contributed by atoms with van der Waals surface area (Å²) >= 11 is 0. The first-order chi connectivity index (χ1) is 68.6. The lowest BCUT2D eigenvalue weighted by Crippen LogP contribution is -2.21. The monoisotopic (exact) mass is 1940 g/mol. The lowest BCUT2D eigenvalue weighted by atomic mass is 10.1. The van der Waals surface area contributed by atoms with Gasteiger partial charge in [-0.25, -0.2) is 115 Å². The molecule has 144 heavy (non-hydrogen) atoms. The lowest BCUT2D eigenvalue weighted by Gasteiger charge is -2.17. The second-order valence-corrected chi connectivity index (χ2v) is 27.5. The van der Waals surface area contributed by atoms with Crippen LogP contribution in [0, 0.1) is 210 Å². The topological polar surface area (TPSA) is 631 Å². The predicted octanol–water partition coefficient (Wildman–Crippen LogP) is 15.2. The van der Waals surface area contributed by atoms with Gasteiger partial charge in [-0.2, -0.15) is 118 Å². The molecule has 0 bridgehead atoms. The highest BCUT2D eigenvalue weighted by Crippen LogP contribution is 2.45. The average Bonchev–Trinajstić information content (AvgIpc) is 0.704. The summed E-state index contributed by atoms with van der Waals surface area (Å²) in [5.41, 5.74) is -16.1. The number of hydrogen-bond acceptors (Lipinski definition) is 39. The molecule has 15 heterocycles. The Labute approximate surface area is 777 Å². The quantitative estimate of drug-likeness (QED) is 0.0773. The number of aryl methyl sites for hydroxylation is 3. The number of halogens is 16. The maximum absolute atomic E-state index is 14.2. The number of hydrogen-bond donors (Lipinski definition) is 0. The third-order valence-electron chi connectivity index (χ3n) is 19.4. The van der Waals surface area contributed by atoms with E-state index >= 15 is 0 Å². The van der Waals surface area contributed by atoms with Gasteiger partial charge in [-0.1, -0.05) is 46.0 Å². The van der Waals surface area contributed by atoms with Gasteiger partial charge in [0.25, 0.3) is 76.1 Å². The molecule has 0 radical (unpaired) electrons. The first-order valence-corrected chi connectivity index (χ1v) is 37.4. The van der Waals surface area contributed by atoms with Crippen LogP contribution in [0.2, 0.25) is 0 Å². The van der Waals surface area contributed by atoms with E-state index in [1.165, 1.54) is 20.0 Å². The first-order valence-electron chi connectivity index (χ1n) is 37.4. The Bertz CT molecular complexity index is 9480. The predicted molar refractivity (Wildman–Crippen MR) is 444 cm³/mol. The molecule has 0 amide bonds. The zero-order valence-corrected chi connectivity index (χ0v) is 69.2. The molecule has 0 atom stereocenters. The molecule has 0 unspecified atom stereocenters. The molecule has 0 spiro atoms. The van der Waals surface area contributed by atoms with E-state index in [1.807, 2.05) is 6.07 Å².